The summed E-state index contributed by atoms with van der Waals surface area (Å²) in [4.78, 5) is 11.0. The Hall–Kier alpha value is -1.52. The van der Waals surface area contributed by atoms with Crippen molar-refractivity contribution in [3.63, 3.8) is 0 Å². The van der Waals surface area contributed by atoms with Crippen LogP contribution in [0.15, 0.2) is 6.33 Å². The first-order valence-corrected chi connectivity index (χ1v) is 7.96. The van der Waals surface area contributed by atoms with Crippen molar-refractivity contribution in [2.45, 2.75) is 57.4 Å². The zero-order chi connectivity index (χ0) is 13.8. The number of aromatic nitrogens is 2. The SMILES string of the molecule is Nc1c(NC2CCCCCC2)ncnc1N1CCCC1. The number of nitrogens with one attached hydrogen (secondary N) is 1. The predicted molar refractivity (Wildman–Crippen MR) is 83.0 cm³/mol. The fourth-order valence-corrected chi connectivity index (χ4v) is 3.30. The van der Waals surface area contributed by atoms with Crippen molar-refractivity contribution in [2.75, 3.05) is 29.0 Å². The van der Waals surface area contributed by atoms with Gasteiger partial charge in [-0.05, 0) is 25.7 Å². The molecule has 110 valence electrons. The van der Waals surface area contributed by atoms with Gasteiger partial charge < -0.3 is 16.0 Å². The fraction of sp³-hybridized carbons (Fsp3) is 0.733. The number of nitrogens with two attached hydrogens (primary N) is 1. The molecule has 5 nitrogen and oxygen atoms in total. The summed E-state index contributed by atoms with van der Waals surface area (Å²) in [5, 5.41) is 3.55. The maximum Gasteiger partial charge on any atom is 0.157 e. The van der Waals surface area contributed by atoms with E-state index in [2.05, 4.69) is 20.2 Å². The third kappa shape index (κ3) is 2.97. The summed E-state index contributed by atoms with van der Waals surface area (Å²) in [6, 6.07) is 0.515. The quantitative estimate of drug-likeness (QED) is 0.830. The minimum absolute atomic E-state index is 0.515. The standard InChI is InChI=1S/C15H25N5/c16-13-14(19-12-7-3-1-2-4-8-12)17-11-18-15(13)20-9-5-6-10-20/h11-12H,1-10,16H2,(H,17,18,19). The lowest BCUT2D eigenvalue weighted by Gasteiger charge is -2.22. The van der Waals surface area contributed by atoms with Gasteiger partial charge in [-0.2, -0.15) is 0 Å². The van der Waals surface area contributed by atoms with Crippen LogP contribution in [0.2, 0.25) is 0 Å². The molecule has 3 N–H and O–H groups in total. The highest BCUT2D eigenvalue weighted by Gasteiger charge is 2.20. The normalized spacial score (nSPS) is 20.9. The van der Waals surface area contributed by atoms with Gasteiger partial charge in [0.15, 0.2) is 11.6 Å². The molecule has 1 aliphatic heterocycles. The first-order chi connectivity index (χ1) is 9.84. The minimum Gasteiger partial charge on any atom is -0.393 e. The molecule has 1 aromatic heterocycles. The monoisotopic (exact) mass is 275 g/mol. The highest BCUT2D eigenvalue weighted by atomic mass is 15.2. The molecule has 0 unspecified atom stereocenters. The van der Waals surface area contributed by atoms with Crippen LogP contribution < -0.4 is 16.0 Å². The maximum atomic E-state index is 6.29. The Morgan fingerprint density at radius 1 is 1.00 bits per heavy atom. The molecule has 3 rings (SSSR count). The van der Waals surface area contributed by atoms with Gasteiger partial charge in [0.05, 0.1) is 0 Å². The Morgan fingerprint density at radius 3 is 2.40 bits per heavy atom. The zero-order valence-electron chi connectivity index (χ0n) is 12.1. The highest BCUT2D eigenvalue weighted by Crippen LogP contribution is 2.30. The van der Waals surface area contributed by atoms with Crippen molar-refractivity contribution in [1.82, 2.24) is 9.97 Å². The van der Waals surface area contributed by atoms with E-state index in [9.17, 15) is 0 Å². The van der Waals surface area contributed by atoms with Gasteiger partial charge >= 0.3 is 0 Å². The third-order valence-corrected chi connectivity index (χ3v) is 4.46. The minimum atomic E-state index is 0.515. The van der Waals surface area contributed by atoms with Gasteiger partial charge in [-0.3, -0.25) is 0 Å². The Labute approximate surface area is 121 Å². The maximum absolute atomic E-state index is 6.29. The van der Waals surface area contributed by atoms with Gasteiger partial charge in [-0.25, -0.2) is 9.97 Å². The largest absolute Gasteiger partial charge is 0.393 e. The van der Waals surface area contributed by atoms with Crippen LogP contribution in [0.1, 0.15) is 51.4 Å². The molecule has 1 saturated heterocycles. The van der Waals surface area contributed by atoms with Crippen LogP contribution in [-0.4, -0.2) is 29.1 Å². The first kappa shape index (κ1) is 13.5. The van der Waals surface area contributed by atoms with Crippen molar-refractivity contribution < 1.29 is 0 Å². The van der Waals surface area contributed by atoms with Crippen molar-refractivity contribution in [3.8, 4) is 0 Å². The molecule has 1 aliphatic carbocycles. The average Bonchev–Trinajstić information content (AvgIpc) is 2.86. The summed E-state index contributed by atoms with van der Waals surface area (Å²) in [7, 11) is 0. The Morgan fingerprint density at radius 2 is 1.70 bits per heavy atom. The van der Waals surface area contributed by atoms with E-state index in [0.29, 0.717) is 6.04 Å². The van der Waals surface area contributed by atoms with Crippen LogP contribution in [0.3, 0.4) is 0 Å². The van der Waals surface area contributed by atoms with Crippen molar-refractivity contribution in [2.24, 2.45) is 0 Å². The van der Waals surface area contributed by atoms with E-state index < -0.39 is 0 Å². The summed E-state index contributed by atoms with van der Waals surface area (Å²) >= 11 is 0. The van der Waals surface area contributed by atoms with Crippen molar-refractivity contribution >= 4 is 17.3 Å². The lowest BCUT2D eigenvalue weighted by Crippen LogP contribution is -2.24. The number of hydrogen-bond donors (Lipinski definition) is 2. The summed E-state index contributed by atoms with van der Waals surface area (Å²) < 4.78 is 0. The lowest BCUT2D eigenvalue weighted by atomic mass is 10.1. The van der Waals surface area contributed by atoms with E-state index in [-0.39, 0.29) is 0 Å². The van der Waals surface area contributed by atoms with Gasteiger partial charge in [-0.15, -0.1) is 0 Å². The van der Waals surface area contributed by atoms with Crippen LogP contribution in [0.5, 0.6) is 0 Å². The van der Waals surface area contributed by atoms with E-state index in [0.717, 1.165) is 30.4 Å². The van der Waals surface area contributed by atoms with Crippen LogP contribution >= 0.6 is 0 Å². The van der Waals surface area contributed by atoms with Gasteiger partial charge in [0.25, 0.3) is 0 Å². The van der Waals surface area contributed by atoms with E-state index >= 15 is 0 Å². The third-order valence-electron chi connectivity index (χ3n) is 4.46. The molecule has 0 aromatic carbocycles. The second-order valence-corrected chi connectivity index (χ2v) is 5.99. The van der Waals surface area contributed by atoms with E-state index in [1.165, 1.54) is 51.4 Å². The predicted octanol–water partition coefficient (Wildman–Crippen LogP) is 2.79. The smallest absolute Gasteiger partial charge is 0.157 e. The van der Waals surface area contributed by atoms with E-state index in [4.69, 9.17) is 5.73 Å². The summed E-state index contributed by atoms with van der Waals surface area (Å²) in [5.74, 6) is 1.74. The molecule has 0 radical (unpaired) electrons. The van der Waals surface area contributed by atoms with Crippen molar-refractivity contribution in [3.05, 3.63) is 6.33 Å². The molecule has 2 heterocycles. The van der Waals surface area contributed by atoms with Gasteiger partial charge in [-0.1, -0.05) is 25.7 Å². The van der Waals surface area contributed by atoms with E-state index in [1.807, 2.05) is 0 Å². The van der Waals surface area contributed by atoms with E-state index in [1.54, 1.807) is 6.33 Å². The Bertz CT molecular complexity index is 434. The van der Waals surface area contributed by atoms with Gasteiger partial charge in [0.1, 0.15) is 12.0 Å². The summed E-state index contributed by atoms with van der Waals surface area (Å²) in [6.45, 7) is 2.12. The number of hydrogen-bond acceptors (Lipinski definition) is 5. The Kier molecular flexibility index (Phi) is 4.23. The first-order valence-electron chi connectivity index (χ1n) is 7.96. The number of rotatable bonds is 3. The molecular weight excluding hydrogens is 250 g/mol. The fourth-order valence-electron chi connectivity index (χ4n) is 3.30. The van der Waals surface area contributed by atoms with Gasteiger partial charge in [0.2, 0.25) is 0 Å². The molecule has 0 amide bonds. The van der Waals surface area contributed by atoms with Crippen LogP contribution in [0.25, 0.3) is 0 Å². The highest BCUT2D eigenvalue weighted by molar-refractivity contribution is 5.75. The number of anilines is 3. The average molecular weight is 275 g/mol. The molecule has 20 heavy (non-hydrogen) atoms. The van der Waals surface area contributed by atoms with Crippen LogP contribution in [-0.2, 0) is 0 Å². The number of nitrogens with zero attached hydrogens (tertiary/aromatic N) is 3. The molecule has 1 aromatic rings. The molecule has 0 spiro atoms. The molecule has 1 saturated carbocycles. The van der Waals surface area contributed by atoms with Crippen molar-refractivity contribution in [1.29, 1.82) is 0 Å². The molecule has 2 aliphatic rings. The molecule has 0 atom stereocenters. The summed E-state index contributed by atoms with van der Waals surface area (Å²) in [6.07, 6.45) is 11.9. The summed E-state index contributed by atoms with van der Waals surface area (Å²) in [5.41, 5.74) is 7.01. The molecule has 0 bridgehead atoms. The van der Waals surface area contributed by atoms with Crippen LogP contribution in [0.4, 0.5) is 17.3 Å². The molecule has 2 fully saturated rings. The number of nitrogen functional groups attached to an aromatic ring is 1. The molecular formula is C15H25N5. The lowest BCUT2D eigenvalue weighted by molar-refractivity contribution is 0.617. The zero-order valence-corrected chi connectivity index (χ0v) is 12.1. The van der Waals surface area contributed by atoms with Gasteiger partial charge in [0, 0.05) is 19.1 Å². The van der Waals surface area contributed by atoms with Crippen LogP contribution in [0, 0.1) is 0 Å². The molecule has 5 heteroatoms. The second kappa shape index (κ2) is 6.29. The Balaban J connectivity index is 1.73. The topological polar surface area (TPSA) is 67.1 Å². The second-order valence-electron chi connectivity index (χ2n) is 5.99.